The SMILES string of the molecule is O=C(c1cc2ccccc2[nH]1)N1CCC=C(S)C1. The van der Waals surface area contributed by atoms with E-state index >= 15 is 0 Å². The number of carbonyl (C=O) groups excluding carboxylic acids is 1. The van der Waals surface area contributed by atoms with Crippen LogP contribution in [0, 0.1) is 0 Å². The molecular formula is C14H14N2OS. The molecule has 1 aliphatic rings. The van der Waals surface area contributed by atoms with Crippen molar-refractivity contribution in [2.75, 3.05) is 13.1 Å². The van der Waals surface area contributed by atoms with Gasteiger partial charge >= 0.3 is 0 Å². The van der Waals surface area contributed by atoms with Gasteiger partial charge in [-0.2, -0.15) is 0 Å². The number of H-pyrrole nitrogens is 1. The first-order valence-electron chi connectivity index (χ1n) is 5.99. The van der Waals surface area contributed by atoms with Crippen LogP contribution in [0.2, 0.25) is 0 Å². The summed E-state index contributed by atoms with van der Waals surface area (Å²) in [5.41, 5.74) is 1.65. The second-order valence-electron chi connectivity index (χ2n) is 4.48. The third-order valence-electron chi connectivity index (χ3n) is 3.18. The molecule has 0 saturated carbocycles. The van der Waals surface area contributed by atoms with Crippen LogP contribution in [0.3, 0.4) is 0 Å². The highest BCUT2D eigenvalue weighted by atomic mass is 32.1. The number of thiol groups is 1. The maximum atomic E-state index is 12.3. The Hall–Kier alpha value is -1.68. The van der Waals surface area contributed by atoms with E-state index in [1.54, 1.807) is 0 Å². The van der Waals surface area contributed by atoms with E-state index < -0.39 is 0 Å². The summed E-state index contributed by atoms with van der Waals surface area (Å²) in [7, 11) is 0. The molecule has 1 aliphatic heterocycles. The molecule has 4 heteroatoms. The van der Waals surface area contributed by atoms with Gasteiger partial charge in [0.15, 0.2) is 0 Å². The van der Waals surface area contributed by atoms with Crippen molar-refractivity contribution >= 4 is 29.4 Å². The molecule has 2 aromatic rings. The molecule has 0 atom stereocenters. The lowest BCUT2D eigenvalue weighted by atomic mass is 10.2. The van der Waals surface area contributed by atoms with Gasteiger partial charge in [0.1, 0.15) is 5.69 Å². The molecule has 0 unspecified atom stereocenters. The van der Waals surface area contributed by atoms with E-state index in [1.807, 2.05) is 35.2 Å². The van der Waals surface area contributed by atoms with E-state index in [0.717, 1.165) is 28.8 Å². The maximum Gasteiger partial charge on any atom is 0.270 e. The van der Waals surface area contributed by atoms with Gasteiger partial charge in [-0.1, -0.05) is 24.3 Å². The highest BCUT2D eigenvalue weighted by Gasteiger charge is 2.19. The lowest BCUT2D eigenvalue weighted by molar-refractivity contribution is 0.0764. The average molecular weight is 258 g/mol. The molecule has 0 aliphatic carbocycles. The van der Waals surface area contributed by atoms with E-state index in [2.05, 4.69) is 23.7 Å². The van der Waals surface area contributed by atoms with Gasteiger partial charge in [0.2, 0.25) is 0 Å². The molecule has 1 aromatic carbocycles. The fourth-order valence-corrected chi connectivity index (χ4v) is 2.56. The second-order valence-corrected chi connectivity index (χ2v) is 5.06. The third kappa shape index (κ3) is 2.04. The summed E-state index contributed by atoms with van der Waals surface area (Å²) in [6.45, 7) is 1.37. The second kappa shape index (κ2) is 4.53. The third-order valence-corrected chi connectivity index (χ3v) is 3.50. The standard InChI is InChI=1S/C14H14N2OS/c17-14(16-7-3-5-11(18)9-16)13-8-10-4-1-2-6-12(10)15-13/h1-2,4-6,8,15,18H,3,7,9H2. The van der Waals surface area contributed by atoms with Gasteiger partial charge in [-0.25, -0.2) is 0 Å². The molecule has 92 valence electrons. The van der Waals surface area contributed by atoms with Crippen LogP contribution in [0.1, 0.15) is 16.9 Å². The summed E-state index contributed by atoms with van der Waals surface area (Å²) in [5, 5.41) is 1.07. The molecule has 0 bridgehead atoms. The van der Waals surface area contributed by atoms with Crippen LogP contribution < -0.4 is 0 Å². The van der Waals surface area contributed by atoms with Crippen molar-refractivity contribution in [1.29, 1.82) is 0 Å². The summed E-state index contributed by atoms with van der Waals surface area (Å²) in [6.07, 6.45) is 2.95. The van der Waals surface area contributed by atoms with Gasteiger partial charge in [0.25, 0.3) is 5.91 Å². The molecule has 0 saturated heterocycles. The van der Waals surface area contributed by atoms with Crippen molar-refractivity contribution in [2.45, 2.75) is 6.42 Å². The molecule has 0 spiro atoms. The minimum Gasteiger partial charge on any atom is -0.351 e. The van der Waals surface area contributed by atoms with E-state index in [-0.39, 0.29) is 5.91 Å². The monoisotopic (exact) mass is 258 g/mol. The van der Waals surface area contributed by atoms with Crippen LogP contribution in [0.25, 0.3) is 10.9 Å². The van der Waals surface area contributed by atoms with E-state index in [4.69, 9.17) is 0 Å². The van der Waals surface area contributed by atoms with Gasteiger partial charge in [-0.15, -0.1) is 12.6 Å². The molecule has 1 amide bonds. The summed E-state index contributed by atoms with van der Waals surface area (Å²) in [4.78, 5) is 18.3. The Morgan fingerprint density at radius 1 is 1.33 bits per heavy atom. The van der Waals surface area contributed by atoms with Crippen LogP contribution in [0.5, 0.6) is 0 Å². The number of benzene rings is 1. The summed E-state index contributed by atoms with van der Waals surface area (Å²) >= 11 is 4.33. The number of aromatic amines is 1. The van der Waals surface area contributed by atoms with Crippen LogP contribution in [-0.2, 0) is 0 Å². The predicted octanol–water partition coefficient (Wildman–Crippen LogP) is 2.83. The van der Waals surface area contributed by atoms with Crippen molar-refractivity contribution in [1.82, 2.24) is 9.88 Å². The number of hydrogen-bond acceptors (Lipinski definition) is 2. The average Bonchev–Trinajstić information content (AvgIpc) is 2.81. The van der Waals surface area contributed by atoms with Crippen molar-refractivity contribution < 1.29 is 4.79 Å². The van der Waals surface area contributed by atoms with Gasteiger partial charge in [0, 0.05) is 17.4 Å². The number of fused-ring (bicyclic) bond motifs is 1. The molecule has 0 radical (unpaired) electrons. The Balaban J connectivity index is 1.90. The molecule has 1 aromatic heterocycles. The predicted molar refractivity (Wildman–Crippen MR) is 75.9 cm³/mol. The van der Waals surface area contributed by atoms with Crippen LogP contribution in [0.15, 0.2) is 41.3 Å². The topological polar surface area (TPSA) is 36.1 Å². The highest BCUT2D eigenvalue weighted by Crippen LogP contribution is 2.19. The first-order valence-corrected chi connectivity index (χ1v) is 6.44. The Morgan fingerprint density at radius 3 is 2.94 bits per heavy atom. The maximum absolute atomic E-state index is 12.3. The number of carbonyl (C=O) groups is 1. The van der Waals surface area contributed by atoms with E-state index in [1.165, 1.54) is 0 Å². The van der Waals surface area contributed by atoms with E-state index in [0.29, 0.717) is 12.2 Å². The quantitative estimate of drug-likeness (QED) is 0.758. The lowest BCUT2D eigenvalue weighted by Crippen LogP contribution is -2.35. The summed E-state index contributed by atoms with van der Waals surface area (Å²) in [6, 6.07) is 9.83. The summed E-state index contributed by atoms with van der Waals surface area (Å²) < 4.78 is 0. The zero-order valence-corrected chi connectivity index (χ0v) is 10.8. The van der Waals surface area contributed by atoms with Crippen LogP contribution in [0.4, 0.5) is 0 Å². The summed E-state index contributed by atoms with van der Waals surface area (Å²) in [5.74, 6) is 0.0471. The largest absolute Gasteiger partial charge is 0.351 e. The first kappa shape index (κ1) is 11.4. The van der Waals surface area contributed by atoms with Gasteiger partial charge in [0.05, 0.1) is 6.54 Å². The first-order chi connectivity index (χ1) is 8.74. The minimum absolute atomic E-state index is 0.0471. The Bertz CT molecular complexity index is 597. The Morgan fingerprint density at radius 2 is 2.17 bits per heavy atom. The smallest absolute Gasteiger partial charge is 0.270 e. The zero-order chi connectivity index (χ0) is 12.5. The molecule has 0 fully saturated rings. The fourth-order valence-electron chi connectivity index (χ4n) is 2.26. The Kier molecular flexibility index (Phi) is 2.88. The minimum atomic E-state index is 0.0471. The molecule has 18 heavy (non-hydrogen) atoms. The van der Waals surface area contributed by atoms with Crippen molar-refractivity contribution in [3.8, 4) is 0 Å². The Labute approximate surface area is 111 Å². The lowest BCUT2D eigenvalue weighted by Gasteiger charge is -2.25. The number of para-hydroxylation sites is 1. The normalized spacial score (nSPS) is 15.8. The molecule has 1 N–H and O–H groups in total. The number of nitrogens with zero attached hydrogens (tertiary/aromatic N) is 1. The highest BCUT2D eigenvalue weighted by molar-refractivity contribution is 7.84. The van der Waals surface area contributed by atoms with Crippen molar-refractivity contribution in [3.63, 3.8) is 0 Å². The van der Waals surface area contributed by atoms with Crippen LogP contribution >= 0.6 is 12.6 Å². The number of amides is 1. The molecule has 3 rings (SSSR count). The van der Waals surface area contributed by atoms with Gasteiger partial charge in [-0.3, -0.25) is 4.79 Å². The number of hydrogen-bond donors (Lipinski definition) is 2. The molecule has 2 heterocycles. The number of aromatic nitrogens is 1. The van der Waals surface area contributed by atoms with Crippen molar-refractivity contribution in [3.05, 3.63) is 47.0 Å². The number of nitrogens with one attached hydrogen (secondary N) is 1. The zero-order valence-electron chi connectivity index (χ0n) is 9.89. The van der Waals surface area contributed by atoms with Crippen LogP contribution in [-0.4, -0.2) is 28.9 Å². The van der Waals surface area contributed by atoms with Crippen molar-refractivity contribution in [2.24, 2.45) is 0 Å². The van der Waals surface area contributed by atoms with Gasteiger partial charge in [-0.05, 0) is 23.5 Å². The van der Waals surface area contributed by atoms with E-state index in [9.17, 15) is 4.79 Å². The van der Waals surface area contributed by atoms with Gasteiger partial charge < -0.3 is 9.88 Å². The molecule has 3 nitrogen and oxygen atoms in total. The molecular weight excluding hydrogens is 244 g/mol. The number of rotatable bonds is 1. The fraction of sp³-hybridized carbons (Fsp3) is 0.214.